The fourth-order valence-corrected chi connectivity index (χ4v) is 1.000. The molecule has 0 atom stereocenters. The molecule has 8 heavy (non-hydrogen) atoms. The summed E-state index contributed by atoms with van der Waals surface area (Å²) in [6, 6.07) is 0. The number of ketones is 2. The average Bonchev–Trinajstić information content (AvgIpc) is 1.84. The molecule has 0 rings (SSSR count). The Labute approximate surface area is 74.7 Å². The highest BCUT2D eigenvalue weighted by atomic mass is 127. The second kappa shape index (κ2) is 4.66. The number of carbonyl (C=O) groups is 2. The van der Waals surface area contributed by atoms with Crippen molar-refractivity contribution in [2.24, 2.45) is 0 Å². The average molecular weight is 338 g/mol. The van der Waals surface area contributed by atoms with Crippen LogP contribution in [0.15, 0.2) is 0 Å². The smallest absolute Gasteiger partial charge is 0.208 e. The van der Waals surface area contributed by atoms with Gasteiger partial charge in [-0.05, 0) is 0 Å². The third-order valence-corrected chi connectivity index (χ3v) is 1.94. The maximum atomic E-state index is 10.4. The molecule has 0 amide bonds. The van der Waals surface area contributed by atoms with Crippen LogP contribution in [0.5, 0.6) is 0 Å². The van der Waals surface area contributed by atoms with Crippen molar-refractivity contribution < 1.29 is 9.59 Å². The summed E-state index contributed by atoms with van der Waals surface area (Å²) in [5.41, 5.74) is 0. The number of halogens is 2. The zero-order valence-electron chi connectivity index (χ0n) is 3.99. The SMILES string of the molecule is O=C(CI)C(=O)CI. The number of hydrogen-bond donors (Lipinski definition) is 0. The first-order chi connectivity index (χ1) is 3.72. The van der Waals surface area contributed by atoms with Gasteiger partial charge >= 0.3 is 0 Å². The Morgan fingerprint density at radius 1 is 1.00 bits per heavy atom. The van der Waals surface area contributed by atoms with Crippen LogP contribution >= 0.6 is 45.2 Å². The Kier molecular flexibility index (Phi) is 5.12. The van der Waals surface area contributed by atoms with E-state index in [1.165, 1.54) is 0 Å². The molecule has 0 bridgehead atoms. The van der Waals surface area contributed by atoms with Gasteiger partial charge in [0.2, 0.25) is 11.6 Å². The lowest BCUT2D eigenvalue weighted by molar-refractivity contribution is -0.133. The monoisotopic (exact) mass is 338 g/mol. The van der Waals surface area contributed by atoms with Gasteiger partial charge in [-0.2, -0.15) is 0 Å². The van der Waals surface area contributed by atoms with Gasteiger partial charge in [0.25, 0.3) is 0 Å². The highest BCUT2D eigenvalue weighted by molar-refractivity contribution is 14.1. The summed E-state index contributed by atoms with van der Waals surface area (Å²) in [6.45, 7) is 0. The first-order valence-electron chi connectivity index (χ1n) is 1.90. The molecule has 0 aromatic heterocycles. The summed E-state index contributed by atoms with van der Waals surface area (Å²) < 4.78 is 0.610. The minimum atomic E-state index is -0.278. The summed E-state index contributed by atoms with van der Waals surface area (Å²) >= 11 is 3.76. The Bertz CT molecular complexity index is 96.6. The molecule has 0 fully saturated rings. The van der Waals surface area contributed by atoms with E-state index in [4.69, 9.17) is 0 Å². The van der Waals surface area contributed by atoms with Gasteiger partial charge in [0.15, 0.2) is 0 Å². The van der Waals surface area contributed by atoms with Gasteiger partial charge in [-0.25, -0.2) is 0 Å². The van der Waals surface area contributed by atoms with Crippen LogP contribution in [0.4, 0.5) is 0 Å². The molecule has 0 aromatic carbocycles. The zero-order valence-corrected chi connectivity index (χ0v) is 8.30. The van der Waals surface area contributed by atoms with Gasteiger partial charge < -0.3 is 0 Å². The van der Waals surface area contributed by atoms with Crippen LogP contribution < -0.4 is 0 Å². The largest absolute Gasteiger partial charge is 0.290 e. The molecule has 0 saturated carbocycles. The van der Waals surface area contributed by atoms with E-state index < -0.39 is 0 Å². The van der Waals surface area contributed by atoms with Gasteiger partial charge in [0.05, 0.1) is 8.86 Å². The van der Waals surface area contributed by atoms with Crippen LogP contribution in [0.25, 0.3) is 0 Å². The molecule has 0 aliphatic carbocycles. The molecule has 4 heteroatoms. The Balaban J connectivity index is 3.64. The third-order valence-electron chi connectivity index (χ3n) is 0.554. The second-order valence-corrected chi connectivity index (χ2v) is 2.64. The van der Waals surface area contributed by atoms with Crippen molar-refractivity contribution in [1.82, 2.24) is 0 Å². The highest BCUT2D eigenvalue weighted by Crippen LogP contribution is 1.89. The van der Waals surface area contributed by atoms with E-state index in [1.54, 1.807) is 0 Å². The Morgan fingerprint density at radius 3 is 1.38 bits per heavy atom. The molecule has 0 heterocycles. The molecule has 0 unspecified atom stereocenters. The summed E-state index contributed by atoms with van der Waals surface area (Å²) in [7, 11) is 0. The Morgan fingerprint density at radius 2 is 1.25 bits per heavy atom. The fourth-order valence-electron chi connectivity index (χ4n) is 0.149. The van der Waals surface area contributed by atoms with Crippen molar-refractivity contribution in [3.63, 3.8) is 0 Å². The van der Waals surface area contributed by atoms with E-state index in [2.05, 4.69) is 0 Å². The molecular formula is C4H4I2O2. The summed E-state index contributed by atoms with van der Waals surface area (Å²) in [5.74, 6) is -0.556. The molecule has 0 radical (unpaired) electrons. The lowest BCUT2D eigenvalue weighted by atomic mass is 10.3. The number of carbonyl (C=O) groups excluding carboxylic acids is 2. The minimum Gasteiger partial charge on any atom is -0.290 e. The van der Waals surface area contributed by atoms with E-state index in [9.17, 15) is 9.59 Å². The molecule has 0 spiro atoms. The van der Waals surface area contributed by atoms with Crippen LogP contribution in [0.2, 0.25) is 0 Å². The molecule has 0 aliphatic rings. The number of alkyl halides is 2. The number of rotatable bonds is 3. The van der Waals surface area contributed by atoms with Gasteiger partial charge in [0, 0.05) is 0 Å². The van der Waals surface area contributed by atoms with Crippen LogP contribution in [0, 0.1) is 0 Å². The first-order valence-corrected chi connectivity index (χ1v) is 4.95. The van der Waals surface area contributed by atoms with Crippen LogP contribution in [-0.2, 0) is 9.59 Å². The predicted octanol–water partition coefficient (Wildman–Crippen LogP) is 0.995. The van der Waals surface area contributed by atoms with Crippen molar-refractivity contribution in [2.45, 2.75) is 0 Å². The van der Waals surface area contributed by atoms with Gasteiger partial charge in [-0.3, -0.25) is 9.59 Å². The standard InChI is InChI=1S/C4H4I2O2/c5-1-3(7)4(8)2-6/h1-2H2. The van der Waals surface area contributed by atoms with Crippen molar-refractivity contribution in [3.8, 4) is 0 Å². The van der Waals surface area contributed by atoms with E-state index >= 15 is 0 Å². The van der Waals surface area contributed by atoms with Crippen LogP contribution in [0.1, 0.15) is 0 Å². The molecule has 0 aromatic rings. The van der Waals surface area contributed by atoms with Gasteiger partial charge in [0.1, 0.15) is 0 Å². The maximum absolute atomic E-state index is 10.4. The summed E-state index contributed by atoms with van der Waals surface area (Å²) in [5, 5.41) is 0. The fraction of sp³-hybridized carbons (Fsp3) is 0.500. The summed E-state index contributed by atoms with van der Waals surface area (Å²) in [4.78, 5) is 20.8. The number of hydrogen-bond acceptors (Lipinski definition) is 2. The molecule has 46 valence electrons. The summed E-state index contributed by atoms with van der Waals surface area (Å²) in [6.07, 6.45) is 0. The van der Waals surface area contributed by atoms with Crippen molar-refractivity contribution in [2.75, 3.05) is 8.86 Å². The molecule has 0 aliphatic heterocycles. The third kappa shape index (κ3) is 2.95. The molecule has 0 N–H and O–H groups in total. The lowest BCUT2D eigenvalue weighted by Gasteiger charge is -1.85. The van der Waals surface area contributed by atoms with Crippen molar-refractivity contribution in [3.05, 3.63) is 0 Å². The predicted molar refractivity (Wildman–Crippen MR) is 47.8 cm³/mol. The highest BCUT2D eigenvalue weighted by Gasteiger charge is 2.07. The minimum absolute atomic E-state index is 0.278. The van der Waals surface area contributed by atoms with Gasteiger partial charge in [-0.1, -0.05) is 45.2 Å². The van der Waals surface area contributed by atoms with E-state index in [-0.39, 0.29) is 11.6 Å². The lowest BCUT2D eigenvalue weighted by Crippen LogP contribution is -2.15. The van der Waals surface area contributed by atoms with E-state index in [0.29, 0.717) is 8.86 Å². The second-order valence-electron chi connectivity index (χ2n) is 1.11. The number of Topliss-reactive ketones (excluding diaryl/α,β-unsaturated/α-hetero) is 2. The van der Waals surface area contributed by atoms with Crippen LogP contribution in [0.3, 0.4) is 0 Å². The van der Waals surface area contributed by atoms with Crippen molar-refractivity contribution in [1.29, 1.82) is 0 Å². The maximum Gasteiger partial charge on any atom is 0.208 e. The topological polar surface area (TPSA) is 34.1 Å². The van der Waals surface area contributed by atoms with Gasteiger partial charge in [-0.15, -0.1) is 0 Å². The normalized spacial score (nSPS) is 8.75. The quantitative estimate of drug-likeness (QED) is 0.437. The molecular weight excluding hydrogens is 334 g/mol. The molecule has 2 nitrogen and oxygen atoms in total. The Hall–Kier alpha value is 0.800. The zero-order chi connectivity index (χ0) is 6.57. The van der Waals surface area contributed by atoms with E-state index in [0.717, 1.165) is 0 Å². The molecule has 0 saturated heterocycles. The van der Waals surface area contributed by atoms with Crippen molar-refractivity contribution >= 4 is 56.7 Å². The first kappa shape index (κ1) is 8.80. The van der Waals surface area contributed by atoms with Crippen LogP contribution in [-0.4, -0.2) is 20.4 Å². The van der Waals surface area contributed by atoms with E-state index in [1.807, 2.05) is 45.2 Å².